The molecule has 2 rings (SSSR count). The van der Waals surface area contributed by atoms with Crippen molar-refractivity contribution < 1.29 is 0 Å². The molecule has 0 saturated heterocycles. The summed E-state index contributed by atoms with van der Waals surface area (Å²) in [7, 11) is 0. The Hall–Kier alpha value is -1.17. The molecule has 2 aromatic heterocycles. The molecule has 4 nitrogen and oxygen atoms in total. The number of rotatable bonds is 6. The highest BCUT2D eigenvalue weighted by molar-refractivity contribution is 7.10. The lowest BCUT2D eigenvalue weighted by Crippen LogP contribution is -2.30. The topological polar surface area (TPSA) is 55.9 Å². The van der Waals surface area contributed by atoms with Gasteiger partial charge >= 0.3 is 0 Å². The zero-order valence-corrected chi connectivity index (χ0v) is 11.7. The van der Waals surface area contributed by atoms with Crippen LogP contribution in [-0.2, 0) is 19.4 Å². The Kier molecular flexibility index (Phi) is 4.52. The lowest BCUT2D eigenvalue weighted by molar-refractivity contribution is 0.527. The Bertz CT molecular complexity index is 489. The minimum absolute atomic E-state index is 0.146. The van der Waals surface area contributed by atoms with Crippen molar-refractivity contribution in [2.24, 2.45) is 5.84 Å². The zero-order valence-electron chi connectivity index (χ0n) is 10.9. The maximum absolute atomic E-state index is 5.72. The minimum atomic E-state index is 0.146. The summed E-state index contributed by atoms with van der Waals surface area (Å²) in [6.07, 6.45) is 5.73. The fourth-order valence-electron chi connectivity index (χ4n) is 2.17. The van der Waals surface area contributed by atoms with Gasteiger partial charge in [-0.05, 0) is 30.4 Å². The maximum Gasteiger partial charge on any atom is 0.110 e. The molecule has 1 atom stereocenters. The van der Waals surface area contributed by atoms with E-state index in [0.717, 1.165) is 25.2 Å². The average molecular weight is 264 g/mol. The molecular formula is C13H20N4S. The maximum atomic E-state index is 5.72. The monoisotopic (exact) mass is 264 g/mol. The van der Waals surface area contributed by atoms with Crippen LogP contribution in [0, 0.1) is 0 Å². The smallest absolute Gasteiger partial charge is 0.110 e. The van der Waals surface area contributed by atoms with E-state index < -0.39 is 0 Å². The second-order valence-corrected chi connectivity index (χ2v) is 5.16. The number of hydrogen-bond acceptors (Lipinski definition) is 4. The predicted molar refractivity (Wildman–Crippen MR) is 75.4 cm³/mol. The van der Waals surface area contributed by atoms with Crippen molar-refractivity contribution in [1.82, 2.24) is 15.0 Å². The molecule has 0 bridgehead atoms. The van der Waals surface area contributed by atoms with Crippen LogP contribution in [-0.4, -0.2) is 9.55 Å². The van der Waals surface area contributed by atoms with Gasteiger partial charge in [0.1, 0.15) is 5.82 Å². The van der Waals surface area contributed by atoms with Crippen molar-refractivity contribution in [3.8, 4) is 0 Å². The first-order valence-corrected chi connectivity index (χ1v) is 7.20. The second kappa shape index (κ2) is 6.13. The molecule has 0 aromatic carbocycles. The number of thiophene rings is 1. The molecule has 0 radical (unpaired) electrons. The van der Waals surface area contributed by atoms with E-state index in [4.69, 9.17) is 5.84 Å². The Morgan fingerprint density at radius 3 is 3.00 bits per heavy atom. The van der Waals surface area contributed by atoms with E-state index in [9.17, 15) is 0 Å². The number of nitrogens with two attached hydrogens (primary N) is 1. The van der Waals surface area contributed by atoms with Crippen LogP contribution in [0.4, 0.5) is 0 Å². The van der Waals surface area contributed by atoms with Gasteiger partial charge in [0, 0.05) is 30.2 Å². The summed E-state index contributed by atoms with van der Waals surface area (Å²) in [4.78, 5) is 5.74. The third kappa shape index (κ3) is 2.63. The van der Waals surface area contributed by atoms with E-state index in [1.807, 2.05) is 12.4 Å². The third-order valence-electron chi connectivity index (χ3n) is 3.21. The van der Waals surface area contributed by atoms with Crippen LogP contribution in [0.15, 0.2) is 23.8 Å². The fraction of sp³-hybridized carbons (Fsp3) is 0.462. The van der Waals surface area contributed by atoms with E-state index >= 15 is 0 Å². The number of nitrogens with one attached hydrogen (secondary N) is 1. The molecule has 0 aliphatic rings. The van der Waals surface area contributed by atoms with Crippen LogP contribution < -0.4 is 11.3 Å². The van der Waals surface area contributed by atoms with E-state index in [1.54, 1.807) is 11.3 Å². The lowest BCUT2D eigenvalue weighted by Gasteiger charge is -2.16. The number of nitrogens with zero attached hydrogens (tertiary/aromatic N) is 2. The number of hydrogen-bond donors (Lipinski definition) is 2. The Balaban J connectivity index is 2.20. The highest BCUT2D eigenvalue weighted by Gasteiger charge is 2.17. The Morgan fingerprint density at radius 2 is 2.33 bits per heavy atom. The molecule has 0 saturated carbocycles. The lowest BCUT2D eigenvalue weighted by atomic mass is 10.1. The van der Waals surface area contributed by atoms with Gasteiger partial charge in [0.05, 0.1) is 6.04 Å². The van der Waals surface area contributed by atoms with Crippen LogP contribution in [0.5, 0.6) is 0 Å². The highest BCUT2D eigenvalue weighted by atomic mass is 32.1. The molecule has 0 aliphatic carbocycles. The van der Waals surface area contributed by atoms with Crippen molar-refractivity contribution in [3.05, 3.63) is 40.1 Å². The summed E-state index contributed by atoms with van der Waals surface area (Å²) in [6, 6.07) is 2.32. The van der Waals surface area contributed by atoms with Crippen molar-refractivity contribution in [1.29, 1.82) is 0 Å². The summed E-state index contributed by atoms with van der Waals surface area (Å²) in [6.45, 7) is 5.24. The second-order valence-electron chi connectivity index (χ2n) is 4.22. The molecule has 0 amide bonds. The molecule has 3 N–H and O–H groups in total. The SMILES string of the molecule is CCc1ccsc1C(Cc1nccn1CC)NN. The Morgan fingerprint density at radius 1 is 1.50 bits per heavy atom. The van der Waals surface area contributed by atoms with Crippen LogP contribution in [0.25, 0.3) is 0 Å². The van der Waals surface area contributed by atoms with E-state index in [2.05, 4.69) is 40.3 Å². The van der Waals surface area contributed by atoms with Crippen LogP contribution in [0.1, 0.15) is 36.2 Å². The number of aromatic nitrogens is 2. The molecule has 5 heteroatoms. The summed E-state index contributed by atoms with van der Waals surface area (Å²) in [5.74, 6) is 6.79. The zero-order chi connectivity index (χ0) is 13.0. The molecule has 98 valence electrons. The van der Waals surface area contributed by atoms with Crippen molar-refractivity contribution in [2.45, 2.75) is 39.3 Å². The average Bonchev–Trinajstić information content (AvgIpc) is 3.03. The normalized spacial score (nSPS) is 12.8. The van der Waals surface area contributed by atoms with Gasteiger partial charge in [-0.15, -0.1) is 11.3 Å². The van der Waals surface area contributed by atoms with Gasteiger partial charge in [-0.25, -0.2) is 4.98 Å². The number of hydrazine groups is 1. The summed E-state index contributed by atoms with van der Waals surface area (Å²) >= 11 is 1.76. The van der Waals surface area contributed by atoms with Gasteiger partial charge in [-0.3, -0.25) is 11.3 Å². The molecule has 18 heavy (non-hydrogen) atoms. The van der Waals surface area contributed by atoms with E-state index in [1.165, 1.54) is 10.4 Å². The van der Waals surface area contributed by atoms with Gasteiger partial charge in [0.15, 0.2) is 0 Å². The fourth-order valence-corrected chi connectivity index (χ4v) is 3.23. The quantitative estimate of drug-likeness (QED) is 0.621. The van der Waals surface area contributed by atoms with Gasteiger partial charge in [-0.2, -0.15) is 0 Å². The summed E-state index contributed by atoms with van der Waals surface area (Å²) in [5, 5.41) is 2.13. The first-order valence-electron chi connectivity index (χ1n) is 6.32. The van der Waals surface area contributed by atoms with E-state index in [0.29, 0.717) is 0 Å². The van der Waals surface area contributed by atoms with Crippen LogP contribution in [0.3, 0.4) is 0 Å². The van der Waals surface area contributed by atoms with Gasteiger partial charge in [0.25, 0.3) is 0 Å². The van der Waals surface area contributed by atoms with Gasteiger partial charge in [0.2, 0.25) is 0 Å². The predicted octanol–water partition coefficient (Wildman–Crippen LogP) is 2.27. The molecule has 2 aromatic rings. The first-order chi connectivity index (χ1) is 8.80. The molecule has 1 unspecified atom stereocenters. The van der Waals surface area contributed by atoms with Gasteiger partial charge < -0.3 is 4.57 Å². The van der Waals surface area contributed by atoms with E-state index in [-0.39, 0.29) is 6.04 Å². The number of aryl methyl sites for hydroxylation is 2. The van der Waals surface area contributed by atoms with Crippen molar-refractivity contribution in [2.75, 3.05) is 0 Å². The van der Waals surface area contributed by atoms with Crippen molar-refractivity contribution >= 4 is 11.3 Å². The van der Waals surface area contributed by atoms with Crippen LogP contribution >= 0.6 is 11.3 Å². The molecule has 0 fully saturated rings. The Labute approximate surface area is 112 Å². The van der Waals surface area contributed by atoms with Crippen LogP contribution in [0.2, 0.25) is 0 Å². The number of imidazole rings is 1. The highest BCUT2D eigenvalue weighted by Crippen LogP contribution is 2.26. The van der Waals surface area contributed by atoms with Crippen molar-refractivity contribution in [3.63, 3.8) is 0 Å². The largest absolute Gasteiger partial charge is 0.335 e. The first kappa shape index (κ1) is 13.3. The van der Waals surface area contributed by atoms with Gasteiger partial charge in [-0.1, -0.05) is 6.92 Å². The summed E-state index contributed by atoms with van der Waals surface area (Å²) < 4.78 is 2.16. The molecular weight excluding hydrogens is 244 g/mol. The summed E-state index contributed by atoms with van der Waals surface area (Å²) in [5.41, 5.74) is 4.30. The standard InChI is InChI=1S/C13H20N4S/c1-3-10-5-8-18-13(10)11(16-14)9-12-15-6-7-17(12)4-2/h5-8,11,16H,3-4,9,14H2,1-2H3. The minimum Gasteiger partial charge on any atom is -0.335 e. The molecule has 0 aliphatic heterocycles. The third-order valence-corrected chi connectivity index (χ3v) is 4.28. The molecule has 0 spiro atoms. The molecule has 2 heterocycles.